The smallest absolute Gasteiger partial charge is 0.154 e. The van der Waals surface area contributed by atoms with Crippen LogP contribution in [0.4, 0.5) is 0 Å². The van der Waals surface area contributed by atoms with E-state index in [0.717, 1.165) is 54.6 Å². The lowest BCUT2D eigenvalue weighted by atomic mass is 9.93. The molecule has 7 nitrogen and oxygen atoms in total. The molecule has 144 valence electrons. The zero-order chi connectivity index (χ0) is 18.5. The number of nitrogens with zero attached hydrogens (tertiary/aromatic N) is 3. The predicted octanol–water partition coefficient (Wildman–Crippen LogP) is 2.39. The fourth-order valence-corrected chi connectivity index (χ4v) is 5.82. The Morgan fingerprint density at radius 2 is 2.22 bits per heavy atom. The first-order valence-electron chi connectivity index (χ1n) is 9.80. The van der Waals surface area contributed by atoms with Crippen molar-refractivity contribution in [1.82, 2.24) is 24.1 Å². The summed E-state index contributed by atoms with van der Waals surface area (Å²) in [6, 6.07) is 2.27. The van der Waals surface area contributed by atoms with Gasteiger partial charge in [-0.3, -0.25) is 4.40 Å². The van der Waals surface area contributed by atoms with Crippen molar-refractivity contribution in [3.63, 3.8) is 0 Å². The lowest BCUT2D eigenvalue weighted by Gasteiger charge is -2.17. The second-order valence-corrected chi connectivity index (χ2v) is 9.32. The normalized spacial score (nSPS) is 27.0. The summed E-state index contributed by atoms with van der Waals surface area (Å²) in [4.78, 5) is 12.5. The zero-order valence-electron chi connectivity index (χ0n) is 15.4. The number of fused-ring (bicyclic) bond motifs is 3. The Bertz CT molecular complexity index is 966. The molecule has 3 aromatic rings. The molecule has 0 radical (unpaired) electrons. The lowest BCUT2D eigenvalue weighted by Crippen LogP contribution is -2.35. The molecule has 2 aliphatic carbocycles. The molecule has 5 rings (SSSR count). The van der Waals surface area contributed by atoms with Crippen LogP contribution in [0, 0.1) is 5.92 Å². The lowest BCUT2D eigenvalue weighted by molar-refractivity contribution is 0.278. The van der Waals surface area contributed by atoms with Gasteiger partial charge < -0.3 is 14.6 Å². The number of imidazole rings is 1. The van der Waals surface area contributed by atoms with Crippen LogP contribution in [-0.2, 0) is 18.0 Å². The number of hydrogen-bond acceptors (Lipinski definition) is 5. The second-order valence-electron chi connectivity index (χ2n) is 7.82. The van der Waals surface area contributed by atoms with E-state index in [4.69, 9.17) is 4.98 Å². The molecule has 0 amide bonds. The average molecular weight is 388 g/mol. The van der Waals surface area contributed by atoms with Gasteiger partial charge in [0.2, 0.25) is 0 Å². The molecular formula is C19H25N5O2S. The molecular weight excluding hydrogens is 362 g/mol. The molecule has 0 saturated heterocycles. The molecule has 1 unspecified atom stereocenters. The van der Waals surface area contributed by atoms with Gasteiger partial charge in [0.05, 0.1) is 35.6 Å². The summed E-state index contributed by atoms with van der Waals surface area (Å²) in [6.45, 7) is 2.12. The fourth-order valence-electron chi connectivity index (χ4n) is 4.54. The number of aromatic amines is 1. The van der Waals surface area contributed by atoms with E-state index in [1.54, 1.807) is 6.20 Å². The predicted molar refractivity (Wildman–Crippen MR) is 105 cm³/mol. The van der Waals surface area contributed by atoms with Crippen molar-refractivity contribution in [2.45, 2.75) is 62.8 Å². The Labute approximate surface area is 160 Å². The van der Waals surface area contributed by atoms with Crippen molar-refractivity contribution in [3.8, 4) is 0 Å². The number of aromatic nitrogens is 4. The first-order chi connectivity index (χ1) is 13.2. The van der Waals surface area contributed by atoms with E-state index in [1.807, 2.05) is 12.3 Å². The summed E-state index contributed by atoms with van der Waals surface area (Å²) in [7, 11) is 0. The number of rotatable bonds is 6. The third kappa shape index (κ3) is 2.95. The third-order valence-electron chi connectivity index (χ3n) is 6.09. The topological polar surface area (TPSA) is 101 Å². The van der Waals surface area contributed by atoms with Crippen LogP contribution in [0.5, 0.6) is 0 Å². The highest BCUT2D eigenvalue weighted by atomic mass is 32.2. The Morgan fingerprint density at radius 1 is 1.37 bits per heavy atom. The minimum Gasteiger partial charge on any atom is -0.598 e. The van der Waals surface area contributed by atoms with Gasteiger partial charge in [0, 0.05) is 36.3 Å². The quantitative estimate of drug-likeness (QED) is 0.564. The summed E-state index contributed by atoms with van der Waals surface area (Å²) in [5, 5.41) is 10.2. The van der Waals surface area contributed by atoms with Crippen LogP contribution in [0.25, 0.3) is 16.7 Å². The molecule has 4 atom stereocenters. The van der Waals surface area contributed by atoms with Crippen LogP contribution >= 0.6 is 0 Å². The summed E-state index contributed by atoms with van der Waals surface area (Å²) < 4.78 is 17.9. The maximum absolute atomic E-state index is 12.3. The number of hydrogen-bond donors (Lipinski definition) is 3. The van der Waals surface area contributed by atoms with E-state index in [2.05, 4.69) is 26.0 Å². The number of aliphatic hydroxyl groups is 1. The SMILES string of the molecule is CC[C@@H]1C[C@H](N[S+]([O-])C2CC2)C[C@@H]1c1nc(CO)c2cnc3[nH]ccc3n12. The molecule has 3 heterocycles. The Morgan fingerprint density at radius 3 is 2.96 bits per heavy atom. The molecule has 27 heavy (non-hydrogen) atoms. The average Bonchev–Trinajstić information content (AvgIpc) is 3.13. The van der Waals surface area contributed by atoms with E-state index in [0.29, 0.717) is 16.9 Å². The Hall–Kier alpha value is -1.61. The van der Waals surface area contributed by atoms with Gasteiger partial charge in [0.15, 0.2) is 5.65 Å². The third-order valence-corrected chi connectivity index (χ3v) is 7.73. The molecule has 0 spiro atoms. The van der Waals surface area contributed by atoms with Crippen LogP contribution in [-0.4, -0.2) is 40.3 Å². The molecule has 3 N–H and O–H groups in total. The first-order valence-corrected chi connectivity index (χ1v) is 11.0. The molecule has 3 aromatic heterocycles. The fraction of sp³-hybridized carbons (Fsp3) is 0.579. The van der Waals surface area contributed by atoms with Gasteiger partial charge in [-0.05, 0) is 24.8 Å². The van der Waals surface area contributed by atoms with Gasteiger partial charge in [0.1, 0.15) is 11.1 Å². The standard InChI is InChI=1S/C19H25N5O2S/c1-2-11-7-12(23-27(26)13-3-4-13)8-14(11)19-22-15(10-25)17-9-21-18-16(24(17)19)5-6-20-18/h5-6,9,11-14,20,23,25H,2-4,7-8,10H2,1H3/t11-,12+,14+,27?/m1/s1. The minimum atomic E-state index is -0.910. The largest absolute Gasteiger partial charge is 0.598 e. The van der Waals surface area contributed by atoms with Crippen molar-refractivity contribution in [3.05, 3.63) is 30.0 Å². The highest BCUT2D eigenvalue weighted by Gasteiger charge is 2.42. The number of nitrogens with one attached hydrogen (secondary N) is 2. The van der Waals surface area contributed by atoms with Crippen LogP contribution in [0.15, 0.2) is 18.5 Å². The summed E-state index contributed by atoms with van der Waals surface area (Å²) in [6.07, 6.45) is 8.83. The Balaban J connectivity index is 1.54. The van der Waals surface area contributed by atoms with E-state index < -0.39 is 11.4 Å². The summed E-state index contributed by atoms with van der Waals surface area (Å²) in [5.74, 6) is 1.75. The van der Waals surface area contributed by atoms with Crippen LogP contribution in [0.2, 0.25) is 0 Å². The number of H-pyrrole nitrogens is 1. The summed E-state index contributed by atoms with van der Waals surface area (Å²) >= 11 is -0.910. The van der Waals surface area contributed by atoms with Crippen molar-refractivity contribution >= 4 is 28.0 Å². The molecule has 0 aromatic carbocycles. The van der Waals surface area contributed by atoms with Gasteiger partial charge in [-0.1, -0.05) is 13.3 Å². The molecule has 2 fully saturated rings. The molecule has 0 aliphatic heterocycles. The Kier molecular flexibility index (Phi) is 4.39. The van der Waals surface area contributed by atoms with E-state index in [9.17, 15) is 9.66 Å². The van der Waals surface area contributed by atoms with Gasteiger partial charge in [-0.2, -0.15) is 0 Å². The van der Waals surface area contributed by atoms with Crippen LogP contribution < -0.4 is 4.72 Å². The molecule has 2 saturated carbocycles. The van der Waals surface area contributed by atoms with Crippen LogP contribution in [0.1, 0.15) is 56.5 Å². The van der Waals surface area contributed by atoms with Crippen molar-refractivity contribution < 1.29 is 9.66 Å². The number of aliphatic hydroxyl groups excluding tert-OH is 1. The maximum Gasteiger partial charge on any atom is 0.154 e. The van der Waals surface area contributed by atoms with Crippen LogP contribution in [0.3, 0.4) is 0 Å². The monoisotopic (exact) mass is 387 g/mol. The molecule has 8 heteroatoms. The summed E-state index contributed by atoms with van der Waals surface area (Å²) in [5.41, 5.74) is 3.35. The highest BCUT2D eigenvalue weighted by molar-refractivity contribution is 7.90. The zero-order valence-corrected chi connectivity index (χ0v) is 16.2. The van der Waals surface area contributed by atoms with E-state index in [1.165, 1.54) is 0 Å². The maximum atomic E-state index is 12.3. The minimum absolute atomic E-state index is 0.0992. The van der Waals surface area contributed by atoms with E-state index in [-0.39, 0.29) is 18.6 Å². The van der Waals surface area contributed by atoms with Gasteiger partial charge in [-0.25, -0.2) is 9.97 Å². The van der Waals surface area contributed by atoms with Gasteiger partial charge in [-0.15, -0.1) is 4.72 Å². The van der Waals surface area contributed by atoms with E-state index >= 15 is 0 Å². The van der Waals surface area contributed by atoms with Crippen molar-refractivity contribution in [1.29, 1.82) is 0 Å². The van der Waals surface area contributed by atoms with Gasteiger partial charge in [0.25, 0.3) is 0 Å². The highest BCUT2D eigenvalue weighted by Crippen LogP contribution is 2.43. The first kappa shape index (κ1) is 17.5. The van der Waals surface area contributed by atoms with Crippen molar-refractivity contribution in [2.24, 2.45) is 5.92 Å². The van der Waals surface area contributed by atoms with Crippen molar-refractivity contribution in [2.75, 3.05) is 0 Å². The van der Waals surface area contributed by atoms with Gasteiger partial charge >= 0.3 is 0 Å². The second kappa shape index (κ2) is 6.77. The molecule has 0 bridgehead atoms. The molecule has 2 aliphatic rings.